The molecule has 1 heterocycles. The first-order valence-electron chi connectivity index (χ1n) is 6.78. The Morgan fingerprint density at radius 2 is 1.20 bits per heavy atom. The average Bonchev–Trinajstić information content (AvgIpc) is 2.55. The van der Waals surface area contributed by atoms with Gasteiger partial charge in [-0.05, 0) is 37.1 Å². The lowest BCUT2D eigenvalue weighted by Gasteiger charge is -2.23. The van der Waals surface area contributed by atoms with Gasteiger partial charge in [-0.2, -0.15) is 0 Å². The van der Waals surface area contributed by atoms with Crippen molar-refractivity contribution in [1.82, 2.24) is 0 Å². The molecule has 20 heavy (non-hydrogen) atoms. The van der Waals surface area contributed by atoms with E-state index in [-0.39, 0.29) is 5.91 Å². The molecule has 1 aliphatic heterocycles. The standard InChI is InChI=1S/C18H17NO/c1-12-13(2)16-9-5-7-11-18(16)19(14(3)20)17-10-6-4-8-15(12)17/h4-11H,1-3H3. The van der Waals surface area contributed by atoms with Gasteiger partial charge in [0.25, 0.3) is 0 Å². The molecule has 2 heteroatoms. The number of allylic oxidation sites excluding steroid dienone is 2. The molecule has 0 radical (unpaired) electrons. The summed E-state index contributed by atoms with van der Waals surface area (Å²) < 4.78 is 0. The average molecular weight is 263 g/mol. The van der Waals surface area contributed by atoms with Gasteiger partial charge in [-0.15, -0.1) is 0 Å². The fourth-order valence-electron chi connectivity index (χ4n) is 2.84. The van der Waals surface area contributed by atoms with Gasteiger partial charge in [-0.3, -0.25) is 9.69 Å². The predicted molar refractivity (Wildman–Crippen MR) is 83.9 cm³/mol. The van der Waals surface area contributed by atoms with Gasteiger partial charge in [-0.1, -0.05) is 36.4 Å². The molecule has 0 aromatic heterocycles. The summed E-state index contributed by atoms with van der Waals surface area (Å²) in [6.07, 6.45) is 0. The molecular weight excluding hydrogens is 246 g/mol. The molecule has 0 fully saturated rings. The molecule has 0 saturated heterocycles. The molecule has 1 aliphatic rings. The first-order chi connectivity index (χ1) is 9.61. The monoisotopic (exact) mass is 263 g/mol. The molecule has 100 valence electrons. The second-order valence-corrected chi connectivity index (χ2v) is 5.14. The van der Waals surface area contributed by atoms with Crippen molar-refractivity contribution < 1.29 is 4.79 Å². The van der Waals surface area contributed by atoms with Crippen LogP contribution in [0.1, 0.15) is 31.9 Å². The summed E-state index contributed by atoms with van der Waals surface area (Å²) in [5.74, 6) is 0.0346. The molecule has 0 aliphatic carbocycles. The summed E-state index contributed by atoms with van der Waals surface area (Å²) in [7, 11) is 0. The highest BCUT2D eigenvalue weighted by molar-refractivity contribution is 6.09. The molecule has 0 N–H and O–H groups in total. The number of amides is 1. The van der Waals surface area contributed by atoms with Crippen molar-refractivity contribution in [2.75, 3.05) is 4.90 Å². The van der Waals surface area contributed by atoms with Gasteiger partial charge in [0.1, 0.15) is 0 Å². The van der Waals surface area contributed by atoms with Gasteiger partial charge >= 0.3 is 0 Å². The van der Waals surface area contributed by atoms with Gasteiger partial charge in [0.2, 0.25) is 5.91 Å². The molecule has 1 amide bonds. The number of carbonyl (C=O) groups excluding carboxylic acids is 1. The van der Waals surface area contributed by atoms with E-state index in [0.29, 0.717) is 0 Å². The van der Waals surface area contributed by atoms with Crippen molar-refractivity contribution in [2.24, 2.45) is 0 Å². The summed E-state index contributed by atoms with van der Waals surface area (Å²) in [5, 5.41) is 0. The van der Waals surface area contributed by atoms with E-state index in [9.17, 15) is 4.79 Å². The van der Waals surface area contributed by atoms with Crippen LogP contribution >= 0.6 is 0 Å². The number of nitrogens with zero attached hydrogens (tertiary/aromatic N) is 1. The van der Waals surface area contributed by atoms with Gasteiger partial charge in [0, 0.05) is 18.1 Å². The van der Waals surface area contributed by atoms with Gasteiger partial charge in [0.15, 0.2) is 0 Å². The van der Waals surface area contributed by atoms with Crippen LogP contribution in [0.25, 0.3) is 11.1 Å². The third kappa shape index (κ3) is 1.76. The van der Waals surface area contributed by atoms with Crippen molar-refractivity contribution in [3.8, 4) is 0 Å². The molecule has 2 aromatic carbocycles. The summed E-state index contributed by atoms with van der Waals surface area (Å²) in [4.78, 5) is 14.0. The molecule has 0 saturated carbocycles. The molecule has 0 unspecified atom stereocenters. The quantitative estimate of drug-likeness (QED) is 0.678. The molecule has 0 bridgehead atoms. The largest absolute Gasteiger partial charge is 0.280 e. The minimum absolute atomic E-state index is 0.0346. The van der Waals surface area contributed by atoms with Gasteiger partial charge in [0.05, 0.1) is 11.4 Å². The maximum Gasteiger partial charge on any atom is 0.228 e. The number of hydrogen-bond donors (Lipinski definition) is 0. The number of carbonyl (C=O) groups is 1. The first-order valence-corrected chi connectivity index (χ1v) is 6.78. The summed E-state index contributed by atoms with van der Waals surface area (Å²) in [5.41, 5.74) is 6.60. The Labute approximate surface area is 119 Å². The minimum atomic E-state index is 0.0346. The predicted octanol–water partition coefficient (Wildman–Crippen LogP) is 4.64. The van der Waals surface area contributed by atoms with Crippen LogP contribution in [0.15, 0.2) is 48.5 Å². The maximum absolute atomic E-state index is 12.2. The number of hydrogen-bond acceptors (Lipinski definition) is 1. The highest BCUT2D eigenvalue weighted by atomic mass is 16.2. The molecule has 3 rings (SSSR count). The highest BCUT2D eigenvalue weighted by Gasteiger charge is 2.24. The zero-order valence-corrected chi connectivity index (χ0v) is 12.0. The number of rotatable bonds is 0. The Hall–Kier alpha value is -2.35. The number of para-hydroxylation sites is 2. The van der Waals surface area contributed by atoms with Crippen molar-refractivity contribution in [3.05, 3.63) is 59.7 Å². The van der Waals surface area contributed by atoms with E-state index in [4.69, 9.17) is 0 Å². The second kappa shape index (κ2) is 4.64. The zero-order valence-electron chi connectivity index (χ0n) is 12.0. The second-order valence-electron chi connectivity index (χ2n) is 5.14. The highest BCUT2D eigenvalue weighted by Crippen LogP contribution is 2.42. The minimum Gasteiger partial charge on any atom is -0.280 e. The zero-order chi connectivity index (χ0) is 14.3. The Balaban J connectivity index is 2.42. The van der Waals surface area contributed by atoms with Crippen LogP contribution in [0.4, 0.5) is 11.4 Å². The van der Waals surface area contributed by atoms with E-state index in [1.54, 1.807) is 6.92 Å². The molecular formula is C18H17NO. The summed E-state index contributed by atoms with van der Waals surface area (Å²) in [6.45, 7) is 5.85. The topological polar surface area (TPSA) is 20.3 Å². The van der Waals surface area contributed by atoms with Crippen molar-refractivity contribution in [2.45, 2.75) is 20.8 Å². The fourth-order valence-corrected chi connectivity index (χ4v) is 2.84. The molecule has 0 spiro atoms. The van der Waals surface area contributed by atoms with Crippen LogP contribution < -0.4 is 4.90 Å². The summed E-state index contributed by atoms with van der Waals surface area (Å²) >= 11 is 0. The lowest BCUT2D eigenvalue weighted by Crippen LogP contribution is -2.23. The van der Waals surface area contributed by atoms with Crippen LogP contribution in [0.2, 0.25) is 0 Å². The molecule has 0 atom stereocenters. The lowest BCUT2D eigenvalue weighted by atomic mass is 9.97. The van der Waals surface area contributed by atoms with E-state index >= 15 is 0 Å². The maximum atomic E-state index is 12.2. The van der Waals surface area contributed by atoms with Crippen LogP contribution in [-0.4, -0.2) is 5.91 Å². The van der Waals surface area contributed by atoms with E-state index < -0.39 is 0 Å². The van der Waals surface area contributed by atoms with Crippen molar-refractivity contribution in [3.63, 3.8) is 0 Å². The number of benzene rings is 2. The lowest BCUT2D eigenvalue weighted by molar-refractivity contribution is -0.115. The Kier molecular flexibility index (Phi) is 2.94. The van der Waals surface area contributed by atoms with Crippen LogP contribution in [0, 0.1) is 0 Å². The third-order valence-corrected chi connectivity index (χ3v) is 3.98. The Morgan fingerprint density at radius 1 is 0.800 bits per heavy atom. The van der Waals surface area contributed by atoms with E-state index in [1.165, 1.54) is 11.1 Å². The van der Waals surface area contributed by atoms with E-state index in [2.05, 4.69) is 26.0 Å². The Bertz CT molecular complexity index is 672. The van der Waals surface area contributed by atoms with Crippen LogP contribution in [0.5, 0.6) is 0 Å². The van der Waals surface area contributed by atoms with Gasteiger partial charge in [-0.25, -0.2) is 0 Å². The fraction of sp³-hybridized carbons (Fsp3) is 0.167. The SMILES string of the molecule is CC(=O)N1c2ccccc2C(C)=C(C)c2ccccc21. The van der Waals surface area contributed by atoms with Crippen molar-refractivity contribution in [1.29, 1.82) is 0 Å². The van der Waals surface area contributed by atoms with E-state index in [0.717, 1.165) is 22.5 Å². The Morgan fingerprint density at radius 3 is 1.60 bits per heavy atom. The smallest absolute Gasteiger partial charge is 0.228 e. The number of fused-ring (bicyclic) bond motifs is 2. The molecule has 2 nitrogen and oxygen atoms in total. The molecule has 2 aromatic rings. The first kappa shape index (κ1) is 12.7. The number of anilines is 2. The van der Waals surface area contributed by atoms with E-state index in [1.807, 2.05) is 41.3 Å². The van der Waals surface area contributed by atoms with Crippen LogP contribution in [-0.2, 0) is 4.79 Å². The third-order valence-electron chi connectivity index (χ3n) is 3.98. The van der Waals surface area contributed by atoms with Crippen LogP contribution in [0.3, 0.4) is 0 Å². The van der Waals surface area contributed by atoms with Gasteiger partial charge < -0.3 is 0 Å². The normalized spacial score (nSPS) is 13.7. The summed E-state index contributed by atoms with van der Waals surface area (Å²) in [6, 6.07) is 16.2. The van der Waals surface area contributed by atoms with Crippen molar-refractivity contribution >= 4 is 28.4 Å².